The van der Waals surface area contributed by atoms with E-state index in [1.54, 1.807) is 23.4 Å². The number of benzene rings is 1. The monoisotopic (exact) mass is 469 g/mol. The third kappa shape index (κ3) is 5.40. The van der Waals surface area contributed by atoms with E-state index in [4.69, 9.17) is 11.6 Å². The lowest BCUT2D eigenvalue weighted by Crippen LogP contribution is -2.60. The number of rotatable bonds is 7. The van der Waals surface area contributed by atoms with Crippen molar-refractivity contribution in [3.8, 4) is 0 Å². The van der Waals surface area contributed by atoms with Crippen LogP contribution in [0.3, 0.4) is 0 Å². The van der Waals surface area contributed by atoms with Crippen LogP contribution in [-0.4, -0.2) is 28.7 Å². The molecule has 0 bridgehead atoms. The lowest BCUT2D eigenvalue weighted by Gasteiger charge is -2.43. The second-order valence-electron chi connectivity index (χ2n) is 9.92. The molecule has 1 aromatic carbocycles. The molecular formula is C27H36ClN3O2. The summed E-state index contributed by atoms with van der Waals surface area (Å²) in [7, 11) is 0. The molecule has 0 saturated heterocycles. The highest BCUT2D eigenvalue weighted by molar-refractivity contribution is 6.30. The molecule has 178 valence electrons. The van der Waals surface area contributed by atoms with Crippen LogP contribution in [0.25, 0.3) is 0 Å². The fourth-order valence-electron chi connectivity index (χ4n) is 4.79. The van der Waals surface area contributed by atoms with Gasteiger partial charge in [-0.15, -0.1) is 11.6 Å². The maximum absolute atomic E-state index is 14.1. The molecule has 5 nitrogen and oxygen atoms in total. The Kier molecular flexibility index (Phi) is 8.17. The van der Waals surface area contributed by atoms with Gasteiger partial charge in [0.25, 0.3) is 5.91 Å². The van der Waals surface area contributed by atoms with Crippen LogP contribution in [0, 0.1) is 0 Å². The van der Waals surface area contributed by atoms with E-state index in [2.05, 4.69) is 31.1 Å². The smallest absolute Gasteiger partial charge is 0.251 e. The number of carbonyl (C=O) groups is 2. The van der Waals surface area contributed by atoms with Gasteiger partial charge in [0.15, 0.2) is 5.54 Å². The van der Waals surface area contributed by atoms with Gasteiger partial charge in [0.05, 0.1) is 0 Å². The van der Waals surface area contributed by atoms with Gasteiger partial charge < -0.3 is 5.32 Å². The first-order valence-corrected chi connectivity index (χ1v) is 12.5. The summed E-state index contributed by atoms with van der Waals surface area (Å²) in [5.41, 5.74) is 1.21. The maximum atomic E-state index is 14.1. The third-order valence-corrected chi connectivity index (χ3v) is 6.93. The number of carbonyl (C=O) groups excluding carboxylic acids is 2. The van der Waals surface area contributed by atoms with Crippen LogP contribution in [0.4, 0.5) is 5.69 Å². The van der Waals surface area contributed by atoms with Crippen LogP contribution in [0.15, 0.2) is 48.8 Å². The van der Waals surface area contributed by atoms with Gasteiger partial charge in [-0.1, -0.05) is 65.2 Å². The van der Waals surface area contributed by atoms with Crippen molar-refractivity contribution in [3.05, 3.63) is 59.9 Å². The summed E-state index contributed by atoms with van der Waals surface area (Å²) in [6.07, 6.45) is 9.08. The minimum absolute atomic E-state index is 0.0244. The summed E-state index contributed by atoms with van der Waals surface area (Å²) < 4.78 is 0. The molecule has 33 heavy (non-hydrogen) atoms. The standard InChI is InChI=1S/C27H36ClN3O2/c1-5-27(21-10-9-17-29-19-21,25(33)30-22-11-7-6-8-12-22)31(24(32)18-28)23-15-13-20(14-16-23)26(2,3)4/h9-10,13-17,19,22H,5-8,11-12,18H2,1-4H3,(H,30,33). The van der Waals surface area contributed by atoms with Crippen molar-refractivity contribution in [2.45, 2.75) is 83.2 Å². The number of amides is 2. The molecule has 1 aliphatic rings. The Morgan fingerprint density at radius 2 is 1.73 bits per heavy atom. The quantitative estimate of drug-likeness (QED) is 0.528. The summed E-state index contributed by atoms with van der Waals surface area (Å²) in [6.45, 7) is 8.37. The molecule has 1 aliphatic carbocycles. The van der Waals surface area contributed by atoms with Gasteiger partial charge >= 0.3 is 0 Å². The zero-order chi connectivity index (χ0) is 24.1. The predicted molar refractivity (Wildman–Crippen MR) is 135 cm³/mol. The minimum Gasteiger partial charge on any atom is -0.351 e. The van der Waals surface area contributed by atoms with Gasteiger partial charge in [-0.25, -0.2) is 0 Å². The van der Waals surface area contributed by atoms with Gasteiger partial charge in [-0.2, -0.15) is 0 Å². The van der Waals surface area contributed by atoms with Gasteiger partial charge in [0.2, 0.25) is 5.91 Å². The first-order valence-electron chi connectivity index (χ1n) is 11.9. The van der Waals surface area contributed by atoms with Gasteiger partial charge in [-0.3, -0.25) is 19.5 Å². The maximum Gasteiger partial charge on any atom is 0.251 e. The molecule has 2 amide bonds. The molecule has 1 N–H and O–H groups in total. The largest absolute Gasteiger partial charge is 0.351 e. The highest BCUT2D eigenvalue weighted by Crippen LogP contribution is 2.38. The number of nitrogens with zero attached hydrogens (tertiary/aromatic N) is 2. The highest BCUT2D eigenvalue weighted by atomic mass is 35.5. The molecule has 0 spiro atoms. The van der Waals surface area contributed by atoms with Gasteiger partial charge in [0.1, 0.15) is 5.88 Å². The summed E-state index contributed by atoms with van der Waals surface area (Å²) in [5.74, 6) is -0.715. The number of hydrogen-bond acceptors (Lipinski definition) is 3. The molecule has 3 rings (SSSR count). The highest BCUT2D eigenvalue weighted by Gasteiger charge is 2.48. The molecule has 1 fully saturated rings. The van der Waals surface area contributed by atoms with E-state index in [0.29, 0.717) is 17.7 Å². The Bertz CT molecular complexity index is 934. The topological polar surface area (TPSA) is 62.3 Å². The molecular weight excluding hydrogens is 434 g/mol. The number of nitrogens with one attached hydrogen (secondary N) is 1. The van der Waals surface area contributed by atoms with Crippen molar-refractivity contribution in [2.75, 3.05) is 10.8 Å². The molecule has 1 atom stereocenters. The predicted octanol–water partition coefficient (Wildman–Crippen LogP) is 5.71. The van der Waals surface area contributed by atoms with Crippen LogP contribution in [0.5, 0.6) is 0 Å². The van der Waals surface area contributed by atoms with E-state index >= 15 is 0 Å². The van der Waals surface area contributed by atoms with E-state index in [1.165, 1.54) is 6.42 Å². The van der Waals surface area contributed by atoms with E-state index < -0.39 is 5.54 Å². The zero-order valence-electron chi connectivity index (χ0n) is 20.2. The minimum atomic E-state index is -1.25. The molecule has 1 aromatic heterocycles. The third-order valence-electron chi connectivity index (χ3n) is 6.70. The molecule has 1 unspecified atom stereocenters. The number of pyridine rings is 1. The lowest BCUT2D eigenvalue weighted by atomic mass is 9.83. The Balaban J connectivity index is 2.13. The first kappa shape index (κ1) is 25.2. The van der Waals surface area contributed by atoms with E-state index in [1.807, 2.05) is 37.3 Å². The SMILES string of the molecule is CCC(C(=O)NC1CCCCC1)(c1cccnc1)N(C(=O)CCl)c1ccc(C(C)(C)C)cc1. The number of halogens is 1. The average Bonchev–Trinajstić information content (AvgIpc) is 2.82. The van der Waals surface area contributed by atoms with Crippen molar-refractivity contribution < 1.29 is 9.59 Å². The van der Waals surface area contributed by atoms with E-state index in [-0.39, 0.29) is 29.2 Å². The van der Waals surface area contributed by atoms with E-state index in [0.717, 1.165) is 31.2 Å². The van der Waals surface area contributed by atoms with Gasteiger partial charge in [0, 0.05) is 29.7 Å². The Labute approximate surface area is 202 Å². The number of alkyl halides is 1. The lowest BCUT2D eigenvalue weighted by molar-refractivity contribution is -0.131. The van der Waals surface area contributed by atoms with Crippen LogP contribution in [0.1, 0.15) is 77.3 Å². The van der Waals surface area contributed by atoms with Crippen molar-refractivity contribution in [3.63, 3.8) is 0 Å². The molecule has 1 saturated carbocycles. The second-order valence-corrected chi connectivity index (χ2v) is 10.2. The Morgan fingerprint density at radius 1 is 1.06 bits per heavy atom. The molecule has 0 aliphatic heterocycles. The average molecular weight is 470 g/mol. The van der Waals surface area contributed by atoms with Crippen molar-refractivity contribution >= 4 is 29.1 Å². The van der Waals surface area contributed by atoms with Gasteiger partial charge in [-0.05, 0) is 48.4 Å². The first-order chi connectivity index (χ1) is 15.7. The fourth-order valence-corrected chi connectivity index (χ4v) is 4.91. The summed E-state index contributed by atoms with van der Waals surface area (Å²) >= 11 is 6.11. The summed E-state index contributed by atoms with van der Waals surface area (Å²) in [6, 6.07) is 11.7. The Hall–Kier alpha value is -2.40. The Morgan fingerprint density at radius 3 is 2.24 bits per heavy atom. The zero-order valence-corrected chi connectivity index (χ0v) is 21.0. The molecule has 1 heterocycles. The van der Waals surface area contributed by atoms with Crippen LogP contribution in [0.2, 0.25) is 0 Å². The van der Waals surface area contributed by atoms with Crippen molar-refractivity contribution in [1.29, 1.82) is 0 Å². The summed E-state index contributed by atoms with van der Waals surface area (Å²) in [5, 5.41) is 3.27. The summed E-state index contributed by atoms with van der Waals surface area (Å²) in [4.78, 5) is 33.3. The van der Waals surface area contributed by atoms with Crippen LogP contribution >= 0.6 is 11.6 Å². The van der Waals surface area contributed by atoms with Crippen molar-refractivity contribution in [2.24, 2.45) is 0 Å². The molecule has 2 aromatic rings. The fraction of sp³-hybridized carbons (Fsp3) is 0.519. The van der Waals surface area contributed by atoms with Crippen LogP contribution in [-0.2, 0) is 20.5 Å². The second kappa shape index (κ2) is 10.7. The normalized spacial score (nSPS) is 16.6. The number of anilines is 1. The molecule has 0 radical (unpaired) electrons. The van der Waals surface area contributed by atoms with Crippen LogP contribution < -0.4 is 10.2 Å². The number of aromatic nitrogens is 1. The van der Waals surface area contributed by atoms with Crippen molar-refractivity contribution in [1.82, 2.24) is 10.3 Å². The molecule has 6 heteroatoms. The van der Waals surface area contributed by atoms with E-state index in [9.17, 15) is 9.59 Å². The number of hydrogen-bond donors (Lipinski definition) is 1.